The van der Waals surface area contributed by atoms with Crippen LogP contribution in [0.25, 0.3) is 82.7 Å². The van der Waals surface area contributed by atoms with E-state index < -0.39 is 16.1 Å². The summed E-state index contributed by atoms with van der Waals surface area (Å²) in [6.45, 7) is 0. The molecule has 7 heteroatoms. The second-order valence-corrected chi connectivity index (χ2v) is 32.6. The van der Waals surface area contributed by atoms with E-state index in [0.29, 0.717) is 0 Å². The molecule has 0 fully saturated rings. The standard InChI is InChI=1S/C88H62N4SSi2/c1-8-25-69(26-9-1)92-85-62-68(49-58-82(85)83-59-48-67-24-22-23-39-81(67)88(83)92)80-60-61-84(87-86(80)89-93-90-87)91(70-50-40-63(41-51-70)65-44-54-78(55-45-65)94(72-27-10-2-11-28-72,73-29-12-3-13-30-73)74-31-14-4-15-32-74)71-52-42-64(43-53-71)66-46-56-79(57-47-66)95(75-33-16-5-17-34-75,76-35-18-6-19-36-76)77-37-20-7-21-38-77/h1-62H. The fourth-order valence-corrected chi connectivity index (χ4v) is 25.1. The third kappa shape index (κ3) is 9.87. The zero-order valence-electron chi connectivity index (χ0n) is 52.0. The van der Waals surface area contributed by atoms with E-state index in [9.17, 15) is 0 Å². The van der Waals surface area contributed by atoms with Crippen molar-refractivity contribution in [2.24, 2.45) is 0 Å². The lowest BCUT2D eigenvalue weighted by atomic mass is 10.00. The van der Waals surface area contributed by atoms with E-state index >= 15 is 0 Å². The molecule has 2 aromatic heterocycles. The number of para-hydroxylation sites is 1. The molecule has 0 unspecified atom stereocenters. The highest BCUT2D eigenvalue weighted by Gasteiger charge is 2.43. The Morgan fingerprint density at radius 3 is 1.07 bits per heavy atom. The Morgan fingerprint density at radius 1 is 0.274 bits per heavy atom. The van der Waals surface area contributed by atoms with Crippen LogP contribution in [0.4, 0.5) is 17.1 Å². The van der Waals surface area contributed by atoms with E-state index in [1.165, 1.54) is 80.3 Å². The molecule has 0 aliphatic heterocycles. The molecule has 17 aromatic rings. The lowest BCUT2D eigenvalue weighted by molar-refractivity contribution is 1.19. The molecule has 17 rings (SSSR count). The number of fused-ring (bicyclic) bond motifs is 6. The first-order valence-corrected chi connectivity index (χ1v) is 37.2. The van der Waals surface area contributed by atoms with E-state index in [-0.39, 0.29) is 0 Å². The maximum Gasteiger partial charge on any atom is 0.179 e. The van der Waals surface area contributed by atoms with E-state index in [4.69, 9.17) is 8.75 Å². The van der Waals surface area contributed by atoms with Crippen LogP contribution in [0.2, 0.25) is 0 Å². The molecule has 0 bridgehead atoms. The molecule has 0 amide bonds. The van der Waals surface area contributed by atoms with Crippen molar-refractivity contribution in [3.63, 3.8) is 0 Å². The zero-order valence-corrected chi connectivity index (χ0v) is 54.8. The van der Waals surface area contributed by atoms with Crippen LogP contribution in [0.3, 0.4) is 0 Å². The van der Waals surface area contributed by atoms with Gasteiger partial charge in [0.05, 0.1) is 28.4 Å². The maximum atomic E-state index is 5.18. The van der Waals surface area contributed by atoms with Crippen LogP contribution in [-0.4, -0.2) is 29.5 Å². The Bertz CT molecular complexity index is 5140. The molecule has 0 aliphatic rings. The molecule has 4 nitrogen and oxygen atoms in total. The van der Waals surface area contributed by atoms with Gasteiger partial charge >= 0.3 is 0 Å². The normalized spacial score (nSPS) is 11.8. The molecule has 0 saturated heterocycles. The van der Waals surface area contributed by atoms with Crippen LogP contribution < -0.4 is 46.4 Å². The predicted octanol–water partition coefficient (Wildman–Crippen LogP) is 17.2. The molecule has 0 radical (unpaired) electrons. The van der Waals surface area contributed by atoms with Crippen molar-refractivity contribution < 1.29 is 0 Å². The average Bonchev–Trinajstić information content (AvgIpc) is 1.72. The smallest absolute Gasteiger partial charge is 0.179 e. The zero-order chi connectivity index (χ0) is 63.1. The van der Waals surface area contributed by atoms with Crippen molar-refractivity contribution in [1.29, 1.82) is 0 Å². The molecule has 0 aliphatic carbocycles. The summed E-state index contributed by atoms with van der Waals surface area (Å²) in [5, 5.41) is 15.7. The van der Waals surface area contributed by atoms with Gasteiger partial charge in [-0.2, -0.15) is 8.75 Å². The van der Waals surface area contributed by atoms with Crippen molar-refractivity contribution in [2.75, 3.05) is 4.90 Å². The van der Waals surface area contributed by atoms with Crippen LogP contribution in [0.1, 0.15) is 0 Å². The SMILES string of the molecule is c1ccc(-n2c3cc(-c4ccc(N(c5ccc(-c6ccc([Si](c7ccccc7)(c7ccccc7)c7ccccc7)cc6)cc5)c5ccc(-c6ccc([Si](c7ccccc7)(c7ccccc7)c7ccccc7)cc6)cc5)c5nsnc45)ccc3c3ccc4ccccc4c32)cc1. The Balaban J connectivity index is 0.774. The van der Waals surface area contributed by atoms with Crippen molar-refractivity contribution in [3.05, 3.63) is 376 Å². The van der Waals surface area contributed by atoms with E-state index in [1.807, 2.05) is 0 Å². The van der Waals surface area contributed by atoms with Gasteiger partial charge in [-0.05, 0) is 129 Å². The first-order valence-electron chi connectivity index (χ1n) is 32.5. The quantitative estimate of drug-likeness (QED) is 0.0758. The monoisotopic (exact) mass is 1260 g/mol. The van der Waals surface area contributed by atoms with Crippen LogP contribution in [-0.2, 0) is 0 Å². The topological polar surface area (TPSA) is 34.0 Å². The largest absolute Gasteiger partial charge is 0.309 e. The summed E-state index contributed by atoms with van der Waals surface area (Å²) in [6.07, 6.45) is 0. The van der Waals surface area contributed by atoms with Crippen molar-refractivity contribution in [3.8, 4) is 39.1 Å². The molecule has 0 spiro atoms. The van der Waals surface area contributed by atoms with Gasteiger partial charge < -0.3 is 9.47 Å². The number of benzene rings is 15. The number of aromatic nitrogens is 3. The summed E-state index contributed by atoms with van der Waals surface area (Å²) in [4.78, 5) is 2.36. The van der Waals surface area contributed by atoms with Gasteiger partial charge in [0.25, 0.3) is 0 Å². The Morgan fingerprint density at radius 2 is 0.632 bits per heavy atom. The van der Waals surface area contributed by atoms with Gasteiger partial charge in [-0.3, -0.25) is 0 Å². The average molecular weight is 1260 g/mol. The summed E-state index contributed by atoms with van der Waals surface area (Å²) >= 11 is 1.26. The summed E-state index contributed by atoms with van der Waals surface area (Å²) in [5.41, 5.74) is 14.8. The molecular formula is C88H62N4SSi2. The first kappa shape index (κ1) is 57.3. The number of anilines is 3. The van der Waals surface area contributed by atoms with Gasteiger partial charge in [-0.1, -0.05) is 322 Å². The van der Waals surface area contributed by atoms with Crippen molar-refractivity contribution in [2.45, 2.75) is 0 Å². The Kier molecular flexibility index (Phi) is 14.8. The summed E-state index contributed by atoms with van der Waals surface area (Å²) in [7, 11) is -5.40. The highest BCUT2D eigenvalue weighted by Crippen LogP contribution is 2.44. The Labute approximate surface area is 559 Å². The predicted molar refractivity (Wildman–Crippen MR) is 407 cm³/mol. The number of rotatable bonds is 15. The second kappa shape index (κ2) is 24.5. The van der Waals surface area contributed by atoms with E-state index in [0.717, 1.165) is 72.7 Å². The van der Waals surface area contributed by atoms with Gasteiger partial charge in [0.1, 0.15) is 11.0 Å². The summed E-state index contributed by atoms with van der Waals surface area (Å²) in [5.74, 6) is 0. The van der Waals surface area contributed by atoms with Crippen molar-refractivity contribution >= 4 is 130 Å². The number of hydrogen-bond acceptors (Lipinski definition) is 4. The second-order valence-electron chi connectivity index (χ2n) is 24.5. The minimum absolute atomic E-state index is 0.840. The lowest BCUT2D eigenvalue weighted by Crippen LogP contribution is -2.74. The van der Waals surface area contributed by atoms with Gasteiger partial charge in [-0.25, -0.2) is 0 Å². The first-order chi connectivity index (χ1) is 47.1. The van der Waals surface area contributed by atoms with Crippen molar-refractivity contribution in [1.82, 2.24) is 13.3 Å². The number of nitrogens with zero attached hydrogens (tertiary/aromatic N) is 4. The maximum absolute atomic E-state index is 5.18. The van der Waals surface area contributed by atoms with E-state index in [1.54, 1.807) is 0 Å². The highest BCUT2D eigenvalue weighted by molar-refractivity contribution is 7.20. The third-order valence-corrected chi connectivity index (χ3v) is 29.5. The van der Waals surface area contributed by atoms with Crippen LogP contribution in [0.15, 0.2) is 376 Å². The molecule has 0 N–H and O–H groups in total. The minimum atomic E-state index is -2.70. The Hall–Kier alpha value is -11.6. The van der Waals surface area contributed by atoms with Gasteiger partial charge in [-0.15, -0.1) is 0 Å². The molecule has 0 atom stereocenters. The van der Waals surface area contributed by atoms with Crippen LogP contribution in [0, 0.1) is 0 Å². The van der Waals surface area contributed by atoms with Gasteiger partial charge in [0.2, 0.25) is 0 Å². The molecule has 15 aromatic carbocycles. The van der Waals surface area contributed by atoms with E-state index in [2.05, 4.69) is 386 Å². The lowest BCUT2D eigenvalue weighted by Gasteiger charge is -2.34. The van der Waals surface area contributed by atoms with Gasteiger partial charge in [0, 0.05) is 38.8 Å². The minimum Gasteiger partial charge on any atom is -0.309 e. The fourth-order valence-electron chi connectivity index (χ4n) is 15.0. The molecule has 448 valence electrons. The molecular weight excluding hydrogens is 1200 g/mol. The molecule has 95 heavy (non-hydrogen) atoms. The molecule has 0 saturated carbocycles. The molecule has 2 heterocycles. The number of hydrogen-bond donors (Lipinski definition) is 0. The van der Waals surface area contributed by atoms with Crippen LogP contribution in [0.5, 0.6) is 0 Å². The summed E-state index contributed by atoms with van der Waals surface area (Å²) < 4.78 is 12.8. The fraction of sp³-hybridized carbons (Fsp3) is 0. The third-order valence-electron chi connectivity index (χ3n) is 19.4. The highest BCUT2D eigenvalue weighted by atomic mass is 32.1. The summed E-state index contributed by atoms with van der Waals surface area (Å²) in [6, 6.07) is 139. The van der Waals surface area contributed by atoms with Gasteiger partial charge in [0.15, 0.2) is 16.1 Å². The van der Waals surface area contributed by atoms with Crippen LogP contribution >= 0.6 is 11.7 Å².